The van der Waals surface area contributed by atoms with Gasteiger partial charge in [0.05, 0.1) is 12.6 Å². The summed E-state index contributed by atoms with van der Waals surface area (Å²) < 4.78 is 0. The summed E-state index contributed by atoms with van der Waals surface area (Å²) in [4.78, 5) is 2.45. The largest absolute Gasteiger partial charge is 0.394 e. The zero-order chi connectivity index (χ0) is 13.8. The highest BCUT2D eigenvalue weighted by molar-refractivity contribution is 5.35. The molecule has 1 heterocycles. The van der Waals surface area contributed by atoms with Crippen LogP contribution < -0.4 is 0 Å². The van der Waals surface area contributed by atoms with Crippen LogP contribution in [0.1, 0.15) is 61.8 Å². The number of likely N-dealkylation sites (tertiary alicyclic amines) is 1. The van der Waals surface area contributed by atoms with Gasteiger partial charge in [0.25, 0.3) is 0 Å². The number of hydrogen-bond donors (Lipinski definition) is 1. The first-order chi connectivity index (χ1) is 9.13. The van der Waals surface area contributed by atoms with Crippen molar-refractivity contribution in [3.05, 3.63) is 34.9 Å². The van der Waals surface area contributed by atoms with E-state index in [-0.39, 0.29) is 12.6 Å². The Morgan fingerprint density at radius 2 is 1.84 bits per heavy atom. The molecule has 0 aromatic heterocycles. The van der Waals surface area contributed by atoms with E-state index in [4.69, 9.17) is 0 Å². The van der Waals surface area contributed by atoms with Crippen molar-refractivity contribution in [3.8, 4) is 0 Å². The summed E-state index contributed by atoms with van der Waals surface area (Å²) in [6, 6.07) is 6.90. The molecule has 1 unspecified atom stereocenters. The quantitative estimate of drug-likeness (QED) is 0.894. The summed E-state index contributed by atoms with van der Waals surface area (Å²) in [6.45, 7) is 9.08. The molecule has 106 valence electrons. The molecule has 2 nitrogen and oxygen atoms in total. The molecule has 1 fully saturated rings. The minimum absolute atomic E-state index is 0.180. The highest BCUT2D eigenvalue weighted by atomic mass is 16.3. The Morgan fingerprint density at radius 1 is 1.16 bits per heavy atom. The normalized spacial score (nSPS) is 18.8. The minimum atomic E-state index is 0.180. The number of aryl methyl sites for hydroxylation is 1. The lowest BCUT2D eigenvalue weighted by Gasteiger charge is -2.34. The van der Waals surface area contributed by atoms with Gasteiger partial charge in [0.2, 0.25) is 0 Å². The van der Waals surface area contributed by atoms with E-state index in [0.29, 0.717) is 5.92 Å². The lowest BCUT2D eigenvalue weighted by Crippen LogP contribution is -2.36. The van der Waals surface area contributed by atoms with Gasteiger partial charge in [0.1, 0.15) is 0 Å². The molecule has 1 saturated heterocycles. The molecule has 0 spiro atoms. The van der Waals surface area contributed by atoms with Crippen molar-refractivity contribution in [1.82, 2.24) is 4.90 Å². The molecular weight excluding hydrogens is 234 g/mol. The summed E-state index contributed by atoms with van der Waals surface area (Å²) in [5.74, 6) is 0.542. The van der Waals surface area contributed by atoms with Crippen molar-refractivity contribution in [3.63, 3.8) is 0 Å². The van der Waals surface area contributed by atoms with E-state index in [0.717, 1.165) is 13.1 Å². The fourth-order valence-corrected chi connectivity index (χ4v) is 3.02. The molecule has 0 radical (unpaired) electrons. The monoisotopic (exact) mass is 261 g/mol. The molecule has 0 saturated carbocycles. The minimum Gasteiger partial charge on any atom is -0.394 e. The third-order valence-corrected chi connectivity index (χ3v) is 4.33. The van der Waals surface area contributed by atoms with Crippen LogP contribution in [0.2, 0.25) is 0 Å². The van der Waals surface area contributed by atoms with E-state index in [1.54, 1.807) is 0 Å². The molecular formula is C17H27NO. The Bertz CT molecular complexity index is 408. The maximum absolute atomic E-state index is 9.84. The van der Waals surface area contributed by atoms with E-state index >= 15 is 0 Å². The first kappa shape index (κ1) is 14.5. The Hall–Kier alpha value is -0.860. The van der Waals surface area contributed by atoms with Crippen LogP contribution in [0.3, 0.4) is 0 Å². The summed E-state index contributed by atoms with van der Waals surface area (Å²) >= 11 is 0. The van der Waals surface area contributed by atoms with E-state index < -0.39 is 0 Å². The second-order valence-corrected chi connectivity index (χ2v) is 6.07. The smallest absolute Gasteiger partial charge is 0.0628 e. The third kappa shape index (κ3) is 3.37. The van der Waals surface area contributed by atoms with Gasteiger partial charge >= 0.3 is 0 Å². The maximum atomic E-state index is 9.84. The Balaban J connectivity index is 2.28. The lowest BCUT2D eigenvalue weighted by molar-refractivity contribution is 0.104. The number of rotatable bonds is 4. The summed E-state index contributed by atoms with van der Waals surface area (Å²) in [7, 11) is 0. The van der Waals surface area contributed by atoms with Crippen molar-refractivity contribution in [2.24, 2.45) is 0 Å². The lowest BCUT2D eigenvalue weighted by atomic mass is 9.93. The first-order valence-electron chi connectivity index (χ1n) is 7.59. The van der Waals surface area contributed by atoms with Gasteiger partial charge in [-0.15, -0.1) is 0 Å². The maximum Gasteiger partial charge on any atom is 0.0628 e. The summed E-state index contributed by atoms with van der Waals surface area (Å²) in [5.41, 5.74) is 3.99. The van der Waals surface area contributed by atoms with Crippen molar-refractivity contribution in [2.45, 2.75) is 52.0 Å². The van der Waals surface area contributed by atoms with Gasteiger partial charge in [-0.25, -0.2) is 0 Å². The van der Waals surface area contributed by atoms with Gasteiger partial charge in [-0.05, 0) is 55.5 Å². The van der Waals surface area contributed by atoms with Crippen LogP contribution in [0.5, 0.6) is 0 Å². The van der Waals surface area contributed by atoms with E-state index in [1.807, 2.05) is 0 Å². The SMILES string of the molecule is Cc1ccc(C(C)C)cc1C(CO)N1CCCCC1. The van der Waals surface area contributed by atoms with Gasteiger partial charge in [0.15, 0.2) is 0 Å². The van der Waals surface area contributed by atoms with Gasteiger partial charge in [-0.1, -0.05) is 38.5 Å². The third-order valence-electron chi connectivity index (χ3n) is 4.33. The van der Waals surface area contributed by atoms with Crippen LogP contribution >= 0.6 is 0 Å². The van der Waals surface area contributed by atoms with Crippen LogP contribution in [0.4, 0.5) is 0 Å². The zero-order valence-electron chi connectivity index (χ0n) is 12.5. The van der Waals surface area contributed by atoms with Crippen molar-refractivity contribution in [2.75, 3.05) is 19.7 Å². The topological polar surface area (TPSA) is 23.5 Å². The van der Waals surface area contributed by atoms with E-state index in [1.165, 1.54) is 36.0 Å². The second kappa shape index (κ2) is 6.53. The number of aliphatic hydroxyl groups excluding tert-OH is 1. The Kier molecular flexibility index (Phi) is 5.00. The number of benzene rings is 1. The van der Waals surface area contributed by atoms with Gasteiger partial charge in [0, 0.05) is 0 Å². The molecule has 1 N–H and O–H groups in total. The van der Waals surface area contributed by atoms with Crippen molar-refractivity contribution in [1.29, 1.82) is 0 Å². The van der Waals surface area contributed by atoms with Crippen LogP contribution in [0.25, 0.3) is 0 Å². The van der Waals surface area contributed by atoms with Crippen LogP contribution in [0.15, 0.2) is 18.2 Å². The molecule has 2 heteroatoms. The summed E-state index contributed by atoms with van der Waals surface area (Å²) in [5, 5.41) is 9.84. The molecule has 1 aromatic carbocycles. The predicted molar refractivity (Wildman–Crippen MR) is 80.5 cm³/mol. The fourth-order valence-electron chi connectivity index (χ4n) is 3.02. The van der Waals surface area contributed by atoms with Gasteiger partial charge in [-0.2, -0.15) is 0 Å². The van der Waals surface area contributed by atoms with Crippen molar-refractivity contribution >= 4 is 0 Å². The average molecular weight is 261 g/mol. The van der Waals surface area contributed by atoms with Crippen LogP contribution in [-0.4, -0.2) is 29.7 Å². The molecule has 2 rings (SSSR count). The molecule has 1 aliphatic heterocycles. The molecule has 1 aliphatic rings. The number of piperidine rings is 1. The zero-order valence-corrected chi connectivity index (χ0v) is 12.5. The highest BCUT2D eigenvalue weighted by Crippen LogP contribution is 2.29. The number of hydrogen-bond acceptors (Lipinski definition) is 2. The first-order valence-corrected chi connectivity index (χ1v) is 7.59. The predicted octanol–water partition coefficient (Wildman–Crippen LogP) is 3.64. The van der Waals surface area contributed by atoms with Crippen molar-refractivity contribution < 1.29 is 5.11 Å². The standard InChI is InChI=1S/C17H27NO/c1-13(2)15-8-7-14(3)16(11-15)17(12-19)18-9-5-4-6-10-18/h7-8,11,13,17,19H,4-6,9-10,12H2,1-3H3. The number of nitrogens with zero attached hydrogens (tertiary/aromatic N) is 1. The average Bonchev–Trinajstić information content (AvgIpc) is 2.42. The van der Waals surface area contributed by atoms with Gasteiger partial charge < -0.3 is 5.11 Å². The summed E-state index contributed by atoms with van der Waals surface area (Å²) in [6.07, 6.45) is 3.86. The Morgan fingerprint density at radius 3 is 2.42 bits per heavy atom. The van der Waals surface area contributed by atoms with E-state index in [9.17, 15) is 5.11 Å². The molecule has 19 heavy (non-hydrogen) atoms. The molecule has 0 amide bonds. The van der Waals surface area contributed by atoms with Crippen LogP contribution in [-0.2, 0) is 0 Å². The molecule has 1 aromatic rings. The highest BCUT2D eigenvalue weighted by Gasteiger charge is 2.23. The number of aliphatic hydroxyl groups is 1. The van der Waals surface area contributed by atoms with E-state index in [2.05, 4.69) is 43.9 Å². The second-order valence-electron chi connectivity index (χ2n) is 6.07. The molecule has 0 aliphatic carbocycles. The Labute approximate surface area is 117 Å². The van der Waals surface area contributed by atoms with Crippen LogP contribution in [0, 0.1) is 6.92 Å². The fraction of sp³-hybridized carbons (Fsp3) is 0.647. The molecule has 0 bridgehead atoms. The molecule has 1 atom stereocenters. The van der Waals surface area contributed by atoms with Gasteiger partial charge in [-0.3, -0.25) is 4.90 Å².